The number of carbonyl (C=O) groups is 1. The fourth-order valence-electron chi connectivity index (χ4n) is 2.49. The Hall–Kier alpha value is -1.63. The van der Waals surface area contributed by atoms with E-state index in [2.05, 4.69) is 33.2 Å². The summed E-state index contributed by atoms with van der Waals surface area (Å²) >= 11 is 10.8. The Labute approximate surface area is 176 Å². The number of anilines is 1. The van der Waals surface area contributed by atoms with Gasteiger partial charge in [-0.3, -0.25) is 4.79 Å². The molecule has 2 aromatic carbocycles. The summed E-state index contributed by atoms with van der Waals surface area (Å²) in [6.45, 7) is 2.57. The Balaban J connectivity index is 1.63. The van der Waals surface area contributed by atoms with Gasteiger partial charge in [0.15, 0.2) is 5.13 Å². The maximum atomic E-state index is 12.2. The van der Waals surface area contributed by atoms with Crippen molar-refractivity contribution in [2.24, 2.45) is 0 Å². The van der Waals surface area contributed by atoms with Gasteiger partial charge in [-0.25, -0.2) is 4.98 Å². The van der Waals surface area contributed by atoms with Crippen LogP contribution in [0.25, 0.3) is 10.2 Å². The summed E-state index contributed by atoms with van der Waals surface area (Å²) in [6.07, 6.45) is 2.89. The lowest BCUT2D eigenvalue weighted by Gasteiger charge is -2.07. The predicted octanol–water partition coefficient (Wildman–Crippen LogP) is 6.42. The number of amides is 1. The summed E-state index contributed by atoms with van der Waals surface area (Å²) in [7, 11) is 0. The molecule has 1 amide bonds. The number of rotatable bonds is 8. The van der Waals surface area contributed by atoms with Crippen LogP contribution in [-0.2, 0) is 11.4 Å². The lowest BCUT2D eigenvalue weighted by atomic mass is 10.2. The average molecular weight is 468 g/mol. The number of benzene rings is 2. The quantitative estimate of drug-likeness (QED) is 0.389. The fraction of sp³-hybridized carbons (Fsp3) is 0.300. The summed E-state index contributed by atoms with van der Waals surface area (Å²) in [5, 5.41) is 4.20. The van der Waals surface area contributed by atoms with Crippen LogP contribution in [0.3, 0.4) is 0 Å². The van der Waals surface area contributed by atoms with Gasteiger partial charge in [0.2, 0.25) is 5.91 Å². The largest absolute Gasteiger partial charge is 0.489 e. The molecule has 0 saturated carbocycles. The molecule has 0 fully saturated rings. The number of halogens is 2. The van der Waals surface area contributed by atoms with E-state index in [1.54, 1.807) is 0 Å². The molecule has 27 heavy (non-hydrogen) atoms. The summed E-state index contributed by atoms with van der Waals surface area (Å²) in [5.41, 5.74) is 1.89. The van der Waals surface area contributed by atoms with Crippen molar-refractivity contribution in [1.82, 2.24) is 4.98 Å². The molecule has 1 aromatic heterocycles. The number of thiazole rings is 1. The first kappa shape index (κ1) is 20.1. The SMILES string of the molecule is CCCC[C@@H](Br)C(=O)Nc1nc2ccc(OCc3ccc(Cl)cc3)cc2s1. The molecule has 4 nitrogen and oxygen atoms in total. The number of aromatic nitrogens is 1. The summed E-state index contributed by atoms with van der Waals surface area (Å²) in [4.78, 5) is 16.5. The number of carbonyl (C=O) groups excluding carboxylic acids is 1. The fourth-order valence-corrected chi connectivity index (χ4v) is 3.96. The van der Waals surface area contributed by atoms with Crippen molar-refractivity contribution in [2.45, 2.75) is 37.6 Å². The highest BCUT2D eigenvalue weighted by atomic mass is 79.9. The maximum absolute atomic E-state index is 12.2. The van der Waals surface area contributed by atoms with Gasteiger partial charge in [0.25, 0.3) is 0 Å². The molecular formula is C20H20BrClN2O2S. The molecule has 1 atom stereocenters. The van der Waals surface area contributed by atoms with Gasteiger partial charge in [0, 0.05) is 5.02 Å². The second-order valence-corrected chi connectivity index (χ2v) is 8.74. The zero-order valence-corrected chi connectivity index (χ0v) is 18.0. The molecule has 0 bridgehead atoms. The van der Waals surface area contributed by atoms with Gasteiger partial charge in [-0.1, -0.05) is 70.8 Å². The topological polar surface area (TPSA) is 51.2 Å². The van der Waals surface area contributed by atoms with Crippen LogP contribution < -0.4 is 10.1 Å². The summed E-state index contributed by atoms with van der Waals surface area (Å²) in [6, 6.07) is 13.3. The number of nitrogens with zero attached hydrogens (tertiary/aromatic N) is 1. The normalized spacial score (nSPS) is 12.1. The average Bonchev–Trinajstić information content (AvgIpc) is 3.07. The van der Waals surface area contributed by atoms with Gasteiger partial charge in [0.1, 0.15) is 12.4 Å². The number of fused-ring (bicyclic) bond motifs is 1. The zero-order valence-electron chi connectivity index (χ0n) is 14.9. The first-order valence-corrected chi connectivity index (χ1v) is 10.9. The number of unbranched alkanes of at least 4 members (excludes halogenated alkanes) is 1. The highest BCUT2D eigenvalue weighted by molar-refractivity contribution is 9.10. The number of alkyl halides is 1. The Kier molecular flexibility index (Phi) is 7.10. The second-order valence-electron chi connectivity index (χ2n) is 6.16. The van der Waals surface area contributed by atoms with Crippen LogP contribution in [0, 0.1) is 0 Å². The molecule has 0 spiro atoms. The standard InChI is InChI=1S/C20H20BrClN2O2S/c1-2-3-4-16(21)19(25)24-20-23-17-10-9-15(11-18(17)27-20)26-12-13-5-7-14(22)8-6-13/h5-11,16H,2-4,12H2,1H3,(H,23,24,25)/t16-/m1/s1. The molecule has 0 radical (unpaired) electrons. The summed E-state index contributed by atoms with van der Waals surface area (Å²) < 4.78 is 6.82. The van der Waals surface area contributed by atoms with Gasteiger partial charge >= 0.3 is 0 Å². The van der Waals surface area contributed by atoms with Crippen molar-refractivity contribution in [3.8, 4) is 5.75 Å². The molecule has 0 aliphatic rings. The number of hydrogen-bond acceptors (Lipinski definition) is 4. The lowest BCUT2D eigenvalue weighted by Crippen LogP contribution is -2.22. The predicted molar refractivity (Wildman–Crippen MR) is 116 cm³/mol. The highest BCUT2D eigenvalue weighted by Gasteiger charge is 2.16. The first-order chi connectivity index (χ1) is 13.0. The van der Waals surface area contributed by atoms with Gasteiger partial charge in [0.05, 0.1) is 15.0 Å². The first-order valence-electron chi connectivity index (χ1n) is 8.78. The number of hydrogen-bond donors (Lipinski definition) is 1. The van der Waals surface area contributed by atoms with E-state index in [-0.39, 0.29) is 10.7 Å². The molecule has 3 aromatic rings. The third-order valence-corrected chi connectivity index (χ3v) is 6.06. The molecule has 1 heterocycles. The van der Waals surface area contributed by atoms with E-state index >= 15 is 0 Å². The van der Waals surface area contributed by atoms with E-state index in [1.807, 2.05) is 42.5 Å². The van der Waals surface area contributed by atoms with Crippen molar-refractivity contribution in [3.63, 3.8) is 0 Å². The van der Waals surface area contributed by atoms with Crippen molar-refractivity contribution in [2.75, 3.05) is 5.32 Å². The van der Waals surface area contributed by atoms with Crippen LogP contribution in [-0.4, -0.2) is 15.7 Å². The molecule has 3 rings (SSSR count). The minimum absolute atomic E-state index is 0.0540. The Bertz CT molecular complexity index is 914. The third kappa shape index (κ3) is 5.67. The van der Waals surface area contributed by atoms with E-state index in [0.717, 1.165) is 40.8 Å². The smallest absolute Gasteiger partial charge is 0.239 e. The zero-order chi connectivity index (χ0) is 19.2. The van der Waals surface area contributed by atoms with E-state index < -0.39 is 0 Å². The van der Waals surface area contributed by atoms with E-state index in [0.29, 0.717) is 16.8 Å². The molecule has 142 valence electrons. The number of nitrogens with one attached hydrogen (secondary N) is 1. The second kappa shape index (κ2) is 9.53. The number of ether oxygens (including phenoxy) is 1. The summed E-state index contributed by atoms with van der Waals surface area (Å²) in [5.74, 6) is 0.710. The van der Waals surface area contributed by atoms with Crippen molar-refractivity contribution in [1.29, 1.82) is 0 Å². The maximum Gasteiger partial charge on any atom is 0.239 e. The monoisotopic (exact) mass is 466 g/mol. The van der Waals surface area contributed by atoms with Gasteiger partial charge in [-0.2, -0.15) is 0 Å². The van der Waals surface area contributed by atoms with Crippen LogP contribution in [0.5, 0.6) is 5.75 Å². The van der Waals surface area contributed by atoms with E-state index in [4.69, 9.17) is 16.3 Å². The van der Waals surface area contributed by atoms with Crippen LogP contribution in [0.2, 0.25) is 5.02 Å². The molecular weight excluding hydrogens is 448 g/mol. The van der Waals surface area contributed by atoms with Crippen molar-refractivity contribution in [3.05, 3.63) is 53.1 Å². The van der Waals surface area contributed by atoms with Crippen molar-refractivity contribution >= 4 is 60.1 Å². The van der Waals surface area contributed by atoms with Crippen LogP contribution in [0.1, 0.15) is 31.7 Å². The Morgan fingerprint density at radius 1 is 1.30 bits per heavy atom. The van der Waals surface area contributed by atoms with Gasteiger partial charge < -0.3 is 10.1 Å². The third-order valence-electron chi connectivity index (χ3n) is 4.00. The van der Waals surface area contributed by atoms with E-state index in [1.165, 1.54) is 11.3 Å². The molecule has 7 heteroatoms. The van der Waals surface area contributed by atoms with E-state index in [9.17, 15) is 4.79 Å². The molecule has 0 unspecified atom stereocenters. The van der Waals surface area contributed by atoms with Crippen LogP contribution in [0.4, 0.5) is 5.13 Å². The van der Waals surface area contributed by atoms with Crippen LogP contribution in [0.15, 0.2) is 42.5 Å². The molecule has 1 N–H and O–H groups in total. The van der Waals surface area contributed by atoms with Crippen molar-refractivity contribution < 1.29 is 9.53 Å². The minimum atomic E-state index is -0.192. The highest BCUT2D eigenvalue weighted by Crippen LogP contribution is 2.30. The molecule has 0 aliphatic carbocycles. The van der Waals surface area contributed by atoms with Crippen LogP contribution >= 0.6 is 38.9 Å². The Morgan fingerprint density at radius 3 is 2.81 bits per heavy atom. The molecule has 0 aliphatic heterocycles. The van der Waals surface area contributed by atoms with Gasteiger partial charge in [-0.15, -0.1) is 0 Å². The lowest BCUT2D eigenvalue weighted by molar-refractivity contribution is -0.115. The Morgan fingerprint density at radius 2 is 2.07 bits per heavy atom. The molecule has 0 saturated heterocycles. The van der Waals surface area contributed by atoms with Gasteiger partial charge in [-0.05, 0) is 42.3 Å². The minimum Gasteiger partial charge on any atom is -0.489 e.